The highest BCUT2D eigenvalue weighted by molar-refractivity contribution is 6.31. The summed E-state index contributed by atoms with van der Waals surface area (Å²) in [6, 6.07) is 0.237. The number of hydrogen-bond donors (Lipinski definition) is 1. The largest absolute Gasteiger partial charge is 0.323 e. The van der Waals surface area contributed by atoms with Crippen molar-refractivity contribution in [2.24, 2.45) is 16.1 Å². The van der Waals surface area contributed by atoms with Crippen LogP contribution in [-0.2, 0) is 0 Å². The number of nitrogens with zero attached hydrogens (tertiary/aromatic N) is 1. The lowest BCUT2D eigenvalue weighted by Gasteiger charge is -2.20. The molecule has 0 aromatic carbocycles. The number of halogens is 1. The maximum absolute atomic E-state index is 6.27. The van der Waals surface area contributed by atoms with Crippen LogP contribution in [-0.4, -0.2) is 17.8 Å². The van der Waals surface area contributed by atoms with Gasteiger partial charge in [0.1, 0.15) is 0 Å². The second kappa shape index (κ2) is 10.0. The maximum Gasteiger partial charge on any atom is 0.0471 e. The minimum Gasteiger partial charge on any atom is -0.323 e. The van der Waals surface area contributed by atoms with E-state index < -0.39 is 0 Å². The van der Waals surface area contributed by atoms with Gasteiger partial charge >= 0.3 is 0 Å². The van der Waals surface area contributed by atoms with Crippen molar-refractivity contribution in [1.82, 2.24) is 0 Å². The number of rotatable bonds is 8. The molecule has 0 spiro atoms. The fourth-order valence-electron chi connectivity index (χ4n) is 2.05. The van der Waals surface area contributed by atoms with Gasteiger partial charge in [0.2, 0.25) is 0 Å². The van der Waals surface area contributed by atoms with Crippen LogP contribution in [0.1, 0.15) is 60.8 Å². The van der Waals surface area contributed by atoms with Crippen LogP contribution in [0.5, 0.6) is 0 Å². The molecule has 3 heteroatoms. The van der Waals surface area contributed by atoms with Crippen LogP contribution in [0.25, 0.3) is 0 Å². The zero-order chi connectivity index (χ0) is 17.3. The Morgan fingerprint density at radius 3 is 2.41 bits per heavy atom. The molecule has 0 bridgehead atoms. The van der Waals surface area contributed by atoms with E-state index in [2.05, 4.69) is 34.3 Å². The van der Waals surface area contributed by atoms with Gasteiger partial charge in [0.05, 0.1) is 0 Å². The van der Waals surface area contributed by atoms with E-state index in [1.165, 1.54) is 0 Å². The zero-order valence-electron chi connectivity index (χ0n) is 15.1. The summed E-state index contributed by atoms with van der Waals surface area (Å²) in [5.74, 6) is 0. The molecule has 126 valence electrons. The van der Waals surface area contributed by atoms with Gasteiger partial charge in [0, 0.05) is 22.8 Å². The zero-order valence-corrected chi connectivity index (χ0v) is 15.9. The van der Waals surface area contributed by atoms with Gasteiger partial charge in [-0.15, -0.1) is 0 Å². The molecule has 0 aliphatic rings. The van der Waals surface area contributed by atoms with Crippen LogP contribution >= 0.6 is 11.6 Å². The van der Waals surface area contributed by atoms with Crippen molar-refractivity contribution in [3.8, 4) is 0 Å². The predicted octanol–water partition coefficient (Wildman–Crippen LogP) is 5.63. The fourth-order valence-corrected chi connectivity index (χ4v) is 2.19. The quantitative estimate of drug-likeness (QED) is 0.455. The Bertz CT molecular complexity index is 439. The van der Waals surface area contributed by atoms with E-state index in [-0.39, 0.29) is 6.04 Å². The molecule has 0 aliphatic carbocycles. The predicted molar refractivity (Wildman–Crippen MR) is 102 cm³/mol. The molecule has 0 aromatic heterocycles. The first-order chi connectivity index (χ1) is 10.1. The van der Waals surface area contributed by atoms with Crippen molar-refractivity contribution >= 4 is 17.3 Å². The Morgan fingerprint density at radius 2 is 1.95 bits per heavy atom. The molecule has 0 saturated carbocycles. The van der Waals surface area contributed by atoms with Gasteiger partial charge in [-0.1, -0.05) is 51.1 Å². The SMILES string of the molecule is C=CC(Cl)=CC(=CC)CC(N)C(C)=NC(C)CCC(C)(C)C. The minimum atomic E-state index is -0.0752. The third-order valence-corrected chi connectivity index (χ3v) is 3.88. The van der Waals surface area contributed by atoms with Crippen LogP contribution in [0.4, 0.5) is 0 Å². The summed E-state index contributed by atoms with van der Waals surface area (Å²) in [7, 11) is 0. The molecule has 22 heavy (non-hydrogen) atoms. The molecule has 0 amide bonds. The molecule has 0 radical (unpaired) electrons. The number of hydrogen-bond acceptors (Lipinski definition) is 2. The first-order valence-corrected chi connectivity index (χ1v) is 8.41. The summed E-state index contributed by atoms with van der Waals surface area (Å²) < 4.78 is 0. The van der Waals surface area contributed by atoms with Gasteiger partial charge in [-0.3, -0.25) is 4.99 Å². The first-order valence-electron chi connectivity index (χ1n) is 8.03. The van der Waals surface area contributed by atoms with Gasteiger partial charge in [-0.2, -0.15) is 0 Å². The van der Waals surface area contributed by atoms with E-state index in [1.54, 1.807) is 6.08 Å². The number of nitrogens with two attached hydrogens (primary N) is 1. The monoisotopic (exact) mass is 324 g/mol. The summed E-state index contributed by atoms with van der Waals surface area (Å²) in [6.07, 6.45) is 8.56. The lowest BCUT2D eigenvalue weighted by atomic mass is 9.89. The molecule has 0 aromatic rings. The summed E-state index contributed by atoms with van der Waals surface area (Å²) >= 11 is 6.00. The summed E-state index contributed by atoms with van der Waals surface area (Å²) in [5.41, 5.74) is 8.73. The minimum absolute atomic E-state index is 0.0752. The standard InChI is InChI=1S/C19H33ClN2/c1-8-16(12-17(20)9-2)13-18(21)15(4)22-14(3)10-11-19(5,6)7/h8-9,12,14,18H,2,10-11,13,21H2,1,3-7H3. The molecule has 2 atom stereocenters. The van der Waals surface area contributed by atoms with E-state index in [0.717, 1.165) is 30.5 Å². The van der Waals surface area contributed by atoms with Crippen molar-refractivity contribution in [2.75, 3.05) is 0 Å². The van der Waals surface area contributed by atoms with Crippen molar-refractivity contribution < 1.29 is 0 Å². The van der Waals surface area contributed by atoms with Crippen molar-refractivity contribution in [3.05, 3.63) is 35.4 Å². The Hall–Kier alpha value is -0.860. The molecule has 2 unspecified atom stereocenters. The third kappa shape index (κ3) is 9.97. The van der Waals surface area contributed by atoms with Gasteiger partial charge < -0.3 is 5.73 Å². The highest BCUT2D eigenvalue weighted by atomic mass is 35.5. The van der Waals surface area contributed by atoms with Crippen LogP contribution in [0.3, 0.4) is 0 Å². The molecule has 0 heterocycles. The van der Waals surface area contributed by atoms with E-state index >= 15 is 0 Å². The normalized spacial score (nSPS) is 17.4. The summed E-state index contributed by atoms with van der Waals surface area (Å²) in [4.78, 5) is 4.76. The first kappa shape index (κ1) is 21.1. The smallest absolute Gasteiger partial charge is 0.0471 e. The molecular weight excluding hydrogens is 292 g/mol. The summed E-state index contributed by atoms with van der Waals surface area (Å²) in [5, 5.41) is 0.633. The van der Waals surface area contributed by atoms with Crippen molar-refractivity contribution in [3.63, 3.8) is 0 Å². The Kier molecular flexibility index (Phi) is 9.63. The Morgan fingerprint density at radius 1 is 1.36 bits per heavy atom. The second-order valence-corrected chi connectivity index (χ2v) is 7.56. The topological polar surface area (TPSA) is 38.4 Å². The highest BCUT2D eigenvalue weighted by Crippen LogP contribution is 2.22. The fraction of sp³-hybridized carbons (Fsp3) is 0.632. The number of aliphatic imine (C=N–C) groups is 1. The van der Waals surface area contributed by atoms with Gasteiger partial charge in [-0.25, -0.2) is 0 Å². The van der Waals surface area contributed by atoms with E-state index in [0.29, 0.717) is 16.5 Å². The van der Waals surface area contributed by atoms with Crippen LogP contribution in [0.15, 0.2) is 40.4 Å². The van der Waals surface area contributed by atoms with E-state index in [4.69, 9.17) is 22.3 Å². The molecule has 2 nitrogen and oxygen atoms in total. The molecule has 0 rings (SSSR count). The Balaban J connectivity index is 4.67. The maximum atomic E-state index is 6.27. The van der Waals surface area contributed by atoms with Crippen molar-refractivity contribution in [1.29, 1.82) is 0 Å². The van der Waals surface area contributed by atoms with Gasteiger partial charge in [0.15, 0.2) is 0 Å². The lowest BCUT2D eigenvalue weighted by molar-refractivity contribution is 0.353. The van der Waals surface area contributed by atoms with Crippen LogP contribution < -0.4 is 5.73 Å². The molecular formula is C19H33ClN2. The highest BCUT2D eigenvalue weighted by Gasteiger charge is 2.14. The average molecular weight is 325 g/mol. The lowest BCUT2D eigenvalue weighted by Crippen LogP contribution is -2.30. The average Bonchev–Trinajstić information content (AvgIpc) is 2.43. The van der Waals surface area contributed by atoms with Crippen LogP contribution in [0, 0.1) is 5.41 Å². The van der Waals surface area contributed by atoms with Gasteiger partial charge in [-0.05, 0) is 57.1 Å². The third-order valence-electron chi connectivity index (χ3n) is 3.62. The van der Waals surface area contributed by atoms with Crippen LogP contribution in [0.2, 0.25) is 0 Å². The number of allylic oxidation sites excluding steroid dienone is 4. The van der Waals surface area contributed by atoms with Gasteiger partial charge in [0.25, 0.3) is 0 Å². The van der Waals surface area contributed by atoms with E-state index in [9.17, 15) is 0 Å². The second-order valence-electron chi connectivity index (χ2n) is 7.13. The molecule has 2 N–H and O–H groups in total. The Labute approximate surface area is 142 Å². The molecule has 0 saturated heterocycles. The van der Waals surface area contributed by atoms with E-state index in [1.807, 2.05) is 26.0 Å². The summed E-state index contributed by atoms with van der Waals surface area (Å²) in [6.45, 7) is 16.6. The van der Waals surface area contributed by atoms with Crippen molar-refractivity contribution in [2.45, 2.75) is 72.9 Å². The molecule has 0 aliphatic heterocycles. The molecule has 0 fully saturated rings.